The van der Waals surface area contributed by atoms with E-state index in [1.54, 1.807) is 7.11 Å². The number of aliphatic hydroxyl groups is 1. The number of hydrogen-bond donors (Lipinski definition) is 1. The first-order chi connectivity index (χ1) is 5.60. The molecule has 0 aromatic heterocycles. The number of rotatable bonds is 6. The third-order valence-electron chi connectivity index (χ3n) is 2.35. The molecule has 3 nitrogen and oxygen atoms in total. The lowest BCUT2D eigenvalue weighted by molar-refractivity contribution is -0.118. The van der Waals surface area contributed by atoms with Crippen molar-refractivity contribution in [2.45, 2.75) is 38.9 Å². The normalized spacial score (nSPS) is 18.8. The van der Waals surface area contributed by atoms with E-state index in [1.807, 2.05) is 20.8 Å². The van der Waals surface area contributed by atoms with Gasteiger partial charge in [0.1, 0.15) is 6.10 Å². The molecular formula is C9H20O3. The van der Waals surface area contributed by atoms with Crippen molar-refractivity contribution in [3.05, 3.63) is 0 Å². The van der Waals surface area contributed by atoms with Crippen LogP contribution in [-0.4, -0.2) is 37.1 Å². The third kappa shape index (κ3) is 3.09. The van der Waals surface area contributed by atoms with Gasteiger partial charge in [-0.2, -0.15) is 0 Å². The van der Waals surface area contributed by atoms with Crippen molar-refractivity contribution in [1.29, 1.82) is 0 Å². The Balaban J connectivity index is 3.93. The van der Waals surface area contributed by atoms with Crippen molar-refractivity contribution in [1.82, 2.24) is 0 Å². The average molecular weight is 176 g/mol. The van der Waals surface area contributed by atoms with Crippen molar-refractivity contribution in [2.75, 3.05) is 20.3 Å². The minimum atomic E-state index is -0.549. The summed E-state index contributed by atoms with van der Waals surface area (Å²) in [6.07, 6.45) is 0.227. The molecule has 0 radical (unpaired) electrons. The van der Waals surface area contributed by atoms with Gasteiger partial charge >= 0.3 is 0 Å². The minimum absolute atomic E-state index is 0.342. The average Bonchev–Trinajstić information content (AvgIpc) is 2.12. The van der Waals surface area contributed by atoms with Gasteiger partial charge in [0.05, 0.1) is 12.2 Å². The second-order valence-corrected chi connectivity index (χ2v) is 3.05. The van der Waals surface area contributed by atoms with E-state index >= 15 is 0 Å². The molecule has 0 saturated heterocycles. The van der Waals surface area contributed by atoms with Crippen LogP contribution in [0.5, 0.6) is 0 Å². The molecule has 0 bridgehead atoms. The summed E-state index contributed by atoms with van der Waals surface area (Å²) in [5.41, 5.74) is -0.477. The molecule has 2 atom stereocenters. The van der Waals surface area contributed by atoms with Gasteiger partial charge in [0.15, 0.2) is 0 Å². The first-order valence-corrected chi connectivity index (χ1v) is 4.41. The summed E-state index contributed by atoms with van der Waals surface area (Å²) >= 11 is 0. The SMILES string of the molecule is CCOCC(O)C(C)(CC)OC. The van der Waals surface area contributed by atoms with E-state index < -0.39 is 11.7 Å². The topological polar surface area (TPSA) is 38.7 Å². The number of hydrogen-bond acceptors (Lipinski definition) is 3. The summed E-state index contributed by atoms with van der Waals surface area (Å²) < 4.78 is 10.3. The van der Waals surface area contributed by atoms with Crippen LogP contribution in [0.1, 0.15) is 27.2 Å². The summed E-state index contributed by atoms with van der Waals surface area (Å²) in [6.45, 7) is 6.74. The largest absolute Gasteiger partial charge is 0.388 e. The first-order valence-electron chi connectivity index (χ1n) is 4.41. The molecule has 0 aliphatic carbocycles. The highest BCUT2D eigenvalue weighted by Gasteiger charge is 2.30. The molecule has 0 aromatic carbocycles. The Morgan fingerprint density at radius 2 is 2.00 bits per heavy atom. The minimum Gasteiger partial charge on any atom is -0.388 e. The van der Waals surface area contributed by atoms with Crippen LogP contribution in [0.25, 0.3) is 0 Å². The zero-order chi connectivity index (χ0) is 9.61. The Kier molecular flexibility index (Phi) is 5.46. The van der Waals surface area contributed by atoms with Crippen molar-refractivity contribution >= 4 is 0 Å². The van der Waals surface area contributed by atoms with Gasteiger partial charge in [0.2, 0.25) is 0 Å². The maximum Gasteiger partial charge on any atom is 0.106 e. The lowest BCUT2D eigenvalue weighted by Crippen LogP contribution is -2.43. The molecule has 74 valence electrons. The van der Waals surface area contributed by atoms with E-state index in [4.69, 9.17) is 9.47 Å². The zero-order valence-electron chi connectivity index (χ0n) is 8.46. The van der Waals surface area contributed by atoms with E-state index in [0.29, 0.717) is 13.2 Å². The molecule has 3 heteroatoms. The third-order valence-corrected chi connectivity index (χ3v) is 2.35. The van der Waals surface area contributed by atoms with Crippen LogP contribution >= 0.6 is 0 Å². The summed E-state index contributed by atoms with van der Waals surface area (Å²) in [7, 11) is 1.61. The second kappa shape index (κ2) is 5.51. The van der Waals surface area contributed by atoms with E-state index in [0.717, 1.165) is 6.42 Å². The molecule has 0 amide bonds. The number of aliphatic hydroxyl groups excluding tert-OH is 1. The second-order valence-electron chi connectivity index (χ2n) is 3.05. The van der Waals surface area contributed by atoms with Crippen LogP contribution in [0.4, 0.5) is 0 Å². The van der Waals surface area contributed by atoms with Gasteiger partial charge in [-0.05, 0) is 20.3 Å². The van der Waals surface area contributed by atoms with Crippen LogP contribution < -0.4 is 0 Å². The lowest BCUT2D eigenvalue weighted by Gasteiger charge is -2.31. The maximum atomic E-state index is 9.65. The molecular weight excluding hydrogens is 156 g/mol. The van der Waals surface area contributed by atoms with Crippen LogP contribution in [0.2, 0.25) is 0 Å². The Bertz CT molecular complexity index is 110. The van der Waals surface area contributed by atoms with E-state index in [1.165, 1.54) is 0 Å². The standard InChI is InChI=1S/C9H20O3/c1-5-9(3,11-4)8(10)7-12-6-2/h8,10H,5-7H2,1-4H3. The van der Waals surface area contributed by atoms with Gasteiger partial charge in [0.25, 0.3) is 0 Å². The van der Waals surface area contributed by atoms with Gasteiger partial charge in [-0.15, -0.1) is 0 Å². The van der Waals surface area contributed by atoms with Gasteiger partial charge in [-0.25, -0.2) is 0 Å². The maximum absolute atomic E-state index is 9.65. The van der Waals surface area contributed by atoms with E-state index in [9.17, 15) is 5.11 Å². The molecule has 0 rings (SSSR count). The van der Waals surface area contributed by atoms with Gasteiger partial charge < -0.3 is 14.6 Å². The van der Waals surface area contributed by atoms with Crippen LogP contribution in [0.3, 0.4) is 0 Å². The lowest BCUT2D eigenvalue weighted by atomic mass is 9.96. The summed E-state index contributed by atoms with van der Waals surface area (Å²) in [5.74, 6) is 0. The highest BCUT2D eigenvalue weighted by atomic mass is 16.5. The highest BCUT2D eigenvalue weighted by Crippen LogP contribution is 2.19. The number of methoxy groups -OCH3 is 1. The molecule has 12 heavy (non-hydrogen) atoms. The van der Waals surface area contributed by atoms with Crippen LogP contribution in [-0.2, 0) is 9.47 Å². The predicted molar refractivity (Wildman–Crippen MR) is 48.2 cm³/mol. The van der Waals surface area contributed by atoms with E-state index in [2.05, 4.69) is 0 Å². The molecule has 0 saturated carbocycles. The molecule has 0 heterocycles. The Morgan fingerprint density at radius 1 is 1.42 bits per heavy atom. The fourth-order valence-electron chi connectivity index (χ4n) is 0.922. The Hall–Kier alpha value is -0.120. The van der Waals surface area contributed by atoms with Crippen LogP contribution in [0.15, 0.2) is 0 Å². The molecule has 0 aliphatic rings. The smallest absolute Gasteiger partial charge is 0.106 e. The first kappa shape index (κ1) is 11.9. The zero-order valence-corrected chi connectivity index (χ0v) is 8.46. The molecule has 0 aromatic rings. The van der Waals surface area contributed by atoms with Crippen molar-refractivity contribution in [3.63, 3.8) is 0 Å². The predicted octanol–water partition coefficient (Wildman–Crippen LogP) is 1.20. The van der Waals surface area contributed by atoms with Gasteiger partial charge in [0, 0.05) is 13.7 Å². The highest BCUT2D eigenvalue weighted by molar-refractivity contribution is 4.81. The number of ether oxygens (including phenoxy) is 2. The molecule has 0 aliphatic heterocycles. The monoisotopic (exact) mass is 176 g/mol. The Labute approximate surface area is 74.7 Å². The van der Waals surface area contributed by atoms with Crippen molar-refractivity contribution in [2.24, 2.45) is 0 Å². The molecule has 2 unspecified atom stereocenters. The Morgan fingerprint density at radius 3 is 2.33 bits per heavy atom. The summed E-state index contributed by atoms with van der Waals surface area (Å²) in [6, 6.07) is 0. The van der Waals surface area contributed by atoms with Gasteiger partial charge in [-0.1, -0.05) is 6.92 Å². The molecule has 0 spiro atoms. The van der Waals surface area contributed by atoms with Gasteiger partial charge in [-0.3, -0.25) is 0 Å². The fourth-order valence-corrected chi connectivity index (χ4v) is 0.922. The molecule has 0 fully saturated rings. The fraction of sp³-hybridized carbons (Fsp3) is 1.00. The summed E-state index contributed by atoms with van der Waals surface area (Å²) in [4.78, 5) is 0. The van der Waals surface area contributed by atoms with E-state index in [-0.39, 0.29) is 0 Å². The molecule has 1 N–H and O–H groups in total. The summed E-state index contributed by atoms with van der Waals surface area (Å²) in [5, 5.41) is 9.65. The van der Waals surface area contributed by atoms with Crippen molar-refractivity contribution < 1.29 is 14.6 Å². The van der Waals surface area contributed by atoms with Crippen molar-refractivity contribution in [3.8, 4) is 0 Å². The quantitative estimate of drug-likeness (QED) is 0.661. The van der Waals surface area contributed by atoms with Crippen LogP contribution in [0, 0.1) is 0 Å².